The number of tetrazole rings is 1. The molecule has 6 nitrogen and oxygen atoms in total. The molecule has 96 valence electrons. The summed E-state index contributed by atoms with van der Waals surface area (Å²) in [6.07, 6.45) is 0.705. The Balaban J connectivity index is 2.12. The molecule has 0 radical (unpaired) electrons. The molecule has 0 saturated carbocycles. The molecule has 0 aliphatic heterocycles. The predicted octanol–water partition coefficient (Wildman–Crippen LogP) is 0.722. The fourth-order valence-electron chi connectivity index (χ4n) is 1.81. The Bertz CT molecular complexity index is 493. The molecular formula is C12H17N5O. The van der Waals surface area contributed by atoms with E-state index in [1.807, 2.05) is 31.3 Å². The third kappa shape index (κ3) is 2.84. The van der Waals surface area contributed by atoms with E-state index in [4.69, 9.17) is 4.74 Å². The average molecular weight is 247 g/mol. The number of methoxy groups -OCH3 is 1. The van der Waals surface area contributed by atoms with Gasteiger partial charge in [-0.2, -0.15) is 4.80 Å². The van der Waals surface area contributed by atoms with Gasteiger partial charge in [0.1, 0.15) is 5.75 Å². The summed E-state index contributed by atoms with van der Waals surface area (Å²) in [5.41, 5.74) is 1.17. The van der Waals surface area contributed by atoms with Crippen LogP contribution in [0.3, 0.4) is 0 Å². The van der Waals surface area contributed by atoms with E-state index in [2.05, 4.69) is 20.7 Å². The SMILES string of the molecule is CNC(Cc1nnn(C)n1)c1ccc(OC)cc1. The lowest BCUT2D eigenvalue weighted by Crippen LogP contribution is -2.19. The van der Waals surface area contributed by atoms with E-state index in [-0.39, 0.29) is 6.04 Å². The number of likely N-dealkylation sites (N-methyl/N-ethyl adjacent to an activating group) is 1. The molecule has 2 rings (SSSR count). The number of hydrogen-bond acceptors (Lipinski definition) is 5. The maximum absolute atomic E-state index is 5.15. The normalized spacial score (nSPS) is 12.4. The average Bonchev–Trinajstić information content (AvgIpc) is 2.82. The highest BCUT2D eigenvalue weighted by Gasteiger charge is 2.13. The number of ether oxygens (including phenoxy) is 1. The monoisotopic (exact) mass is 247 g/mol. The van der Waals surface area contributed by atoms with E-state index < -0.39 is 0 Å². The second-order valence-electron chi connectivity index (χ2n) is 4.01. The van der Waals surface area contributed by atoms with Crippen LogP contribution in [0, 0.1) is 0 Å². The van der Waals surface area contributed by atoms with Gasteiger partial charge in [0, 0.05) is 12.5 Å². The van der Waals surface area contributed by atoms with Gasteiger partial charge in [-0.3, -0.25) is 0 Å². The molecule has 6 heteroatoms. The minimum absolute atomic E-state index is 0.167. The van der Waals surface area contributed by atoms with E-state index >= 15 is 0 Å². The molecule has 0 spiro atoms. The van der Waals surface area contributed by atoms with Gasteiger partial charge in [-0.15, -0.1) is 10.2 Å². The Morgan fingerprint density at radius 1 is 1.33 bits per heavy atom. The summed E-state index contributed by atoms with van der Waals surface area (Å²) in [5, 5.41) is 15.3. The molecule has 2 aromatic rings. The summed E-state index contributed by atoms with van der Waals surface area (Å²) in [6, 6.07) is 8.14. The second-order valence-corrected chi connectivity index (χ2v) is 4.01. The number of hydrogen-bond donors (Lipinski definition) is 1. The van der Waals surface area contributed by atoms with Crippen LogP contribution >= 0.6 is 0 Å². The molecule has 1 atom stereocenters. The van der Waals surface area contributed by atoms with E-state index in [1.54, 1.807) is 14.2 Å². The van der Waals surface area contributed by atoms with Gasteiger partial charge in [0.2, 0.25) is 0 Å². The van der Waals surface area contributed by atoms with Crippen molar-refractivity contribution in [1.82, 2.24) is 25.5 Å². The molecular weight excluding hydrogens is 230 g/mol. The van der Waals surface area contributed by atoms with Crippen molar-refractivity contribution in [2.24, 2.45) is 7.05 Å². The van der Waals surface area contributed by atoms with Crippen LogP contribution in [-0.2, 0) is 13.5 Å². The lowest BCUT2D eigenvalue weighted by molar-refractivity contribution is 0.414. The number of nitrogens with zero attached hydrogens (tertiary/aromatic N) is 4. The first-order valence-corrected chi connectivity index (χ1v) is 5.77. The highest BCUT2D eigenvalue weighted by molar-refractivity contribution is 5.29. The fourth-order valence-corrected chi connectivity index (χ4v) is 1.81. The van der Waals surface area contributed by atoms with Gasteiger partial charge < -0.3 is 10.1 Å². The third-order valence-corrected chi connectivity index (χ3v) is 2.80. The van der Waals surface area contributed by atoms with Crippen LogP contribution in [-0.4, -0.2) is 34.4 Å². The lowest BCUT2D eigenvalue weighted by atomic mass is 10.0. The maximum Gasteiger partial charge on any atom is 0.176 e. The smallest absolute Gasteiger partial charge is 0.176 e. The summed E-state index contributed by atoms with van der Waals surface area (Å²) in [6.45, 7) is 0. The molecule has 1 aromatic heterocycles. The van der Waals surface area contributed by atoms with Crippen molar-refractivity contribution in [3.63, 3.8) is 0 Å². The second kappa shape index (κ2) is 5.59. The molecule has 1 unspecified atom stereocenters. The van der Waals surface area contributed by atoms with Crippen molar-refractivity contribution in [3.05, 3.63) is 35.7 Å². The molecule has 18 heavy (non-hydrogen) atoms. The molecule has 1 N–H and O–H groups in total. The Kier molecular flexibility index (Phi) is 3.88. The quantitative estimate of drug-likeness (QED) is 0.843. The van der Waals surface area contributed by atoms with Gasteiger partial charge in [-0.1, -0.05) is 12.1 Å². The minimum atomic E-state index is 0.167. The summed E-state index contributed by atoms with van der Waals surface area (Å²) < 4.78 is 5.15. The minimum Gasteiger partial charge on any atom is -0.497 e. The van der Waals surface area contributed by atoms with E-state index in [0.717, 1.165) is 11.6 Å². The van der Waals surface area contributed by atoms with E-state index in [1.165, 1.54) is 10.4 Å². The standard InChI is InChI=1S/C12H17N5O/c1-13-11(8-12-14-16-17(2)15-12)9-4-6-10(18-3)7-5-9/h4-7,11,13H,8H2,1-3H3. The molecule has 0 saturated heterocycles. The van der Waals surface area contributed by atoms with Crippen molar-refractivity contribution in [3.8, 4) is 5.75 Å². The number of nitrogens with one attached hydrogen (secondary N) is 1. The Morgan fingerprint density at radius 2 is 2.06 bits per heavy atom. The first-order chi connectivity index (χ1) is 8.72. The molecule has 0 bridgehead atoms. The van der Waals surface area contributed by atoms with Crippen LogP contribution in [0.15, 0.2) is 24.3 Å². The topological polar surface area (TPSA) is 64.9 Å². The zero-order valence-electron chi connectivity index (χ0n) is 10.8. The van der Waals surface area contributed by atoms with Crippen molar-refractivity contribution in [2.45, 2.75) is 12.5 Å². The Labute approximate surface area is 106 Å². The van der Waals surface area contributed by atoms with Gasteiger partial charge in [0.25, 0.3) is 0 Å². The highest BCUT2D eigenvalue weighted by atomic mass is 16.5. The van der Waals surface area contributed by atoms with Crippen LogP contribution in [0.4, 0.5) is 0 Å². The van der Waals surface area contributed by atoms with Crippen LogP contribution < -0.4 is 10.1 Å². The molecule has 1 heterocycles. The number of aryl methyl sites for hydroxylation is 1. The molecule has 0 aliphatic rings. The van der Waals surface area contributed by atoms with Crippen LogP contribution in [0.1, 0.15) is 17.4 Å². The molecule has 1 aromatic carbocycles. The van der Waals surface area contributed by atoms with Crippen molar-refractivity contribution >= 4 is 0 Å². The van der Waals surface area contributed by atoms with Gasteiger partial charge in [0.05, 0.1) is 14.2 Å². The molecule has 0 aliphatic carbocycles. The third-order valence-electron chi connectivity index (χ3n) is 2.80. The van der Waals surface area contributed by atoms with Gasteiger partial charge >= 0.3 is 0 Å². The van der Waals surface area contributed by atoms with Crippen LogP contribution in [0.2, 0.25) is 0 Å². The lowest BCUT2D eigenvalue weighted by Gasteiger charge is -2.15. The van der Waals surface area contributed by atoms with Crippen LogP contribution in [0.25, 0.3) is 0 Å². The summed E-state index contributed by atoms with van der Waals surface area (Å²) in [7, 11) is 5.34. The van der Waals surface area contributed by atoms with E-state index in [0.29, 0.717) is 6.42 Å². The fraction of sp³-hybridized carbons (Fsp3) is 0.417. The number of benzene rings is 1. The Morgan fingerprint density at radius 3 is 2.56 bits per heavy atom. The largest absolute Gasteiger partial charge is 0.497 e. The first kappa shape index (κ1) is 12.5. The van der Waals surface area contributed by atoms with E-state index in [9.17, 15) is 0 Å². The van der Waals surface area contributed by atoms with Crippen molar-refractivity contribution < 1.29 is 4.74 Å². The Hall–Kier alpha value is -1.95. The van der Waals surface area contributed by atoms with Crippen molar-refractivity contribution in [1.29, 1.82) is 0 Å². The summed E-state index contributed by atoms with van der Waals surface area (Å²) in [4.78, 5) is 1.47. The summed E-state index contributed by atoms with van der Waals surface area (Å²) >= 11 is 0. The van der Waals surface area contributed by atoms with Gasteiger partial charge in [-0.05, 0) is 30.0 Å². The van der Waals surface area contributed by atoms with Gasteiger partial charge in [-0.25, -0.2) is 0 Å². The zero-order chi connectivity index (χ0) is 13.0. The first-order valence-electron chi connectivity index (χ1n) is 5.77. The molecule has 0 amide bonds. The number of rotatable bonds is 5. The summed E-state index contributed by atoms with van der Waals surface area (Å²) in [5.74, 6) is 1.58. The maximum atomic E-state index is 5.15. The van der Waals surface area contributed by atoms with Crippen molar-refractivity contribution in [2.75, 3.05) is 14.2 Å². The predicted molar refractivity (Wildman–Crippen MR) is 67.3 cm³/mol. The van der Waals surface area contributed by atoms with Gasteiger partial charge in [0.15, 0.2) is 5.82 Å². The highest BCUT2D eigenvalue weighted by Crippen LogP contribution is 2.19. The molecule has 0 fully saturated rings. The van der Waals surface area contributed by atoms with Crippen LogP contribution in [0.5, 0.6) is 5.75 Å². The number of aromatic nitrogens is 4. The zero-order valence-corrected chi connectivity index (χ0v) is 10.8.